The fourth-order valence-electron chi connectivity index (χ4n) is 3.14. The largest absolute Gasteiger partial charge is 0.507 e. The van der Waals surface area contributed by atoms with Crippen LogP contribution in [0, 0.1) is 0 Å². The van der Waals surface area contributed by atoms with Gasteiger partial charge in [0.05, 0.1) is 10.6 Å². The first-order chi connectivity index (χ1) is 15.8. The molecule has 1 saturated heterocycles. The summed E-state index contributed by atoms with van der Waals surface area (Å²) in [7, 11) is 0. The number of aromatic carboxylic acids is 1. The number of carboxylic acids is 1. The number of carboxylic acid groups (broad SMARTS) is 1. The van der Waals surface area contributed by atoms with Crippen LogP contribution in [0.2, 0.25) is 0 Å². The molecule has 33 heavy (non-hydrogen) atoms. The number of nitrogens with one attached hydrogen (secondary N) is 1. The summed E-state index contributed by atoms with van der Waals surface area (Å²) in [5, 5.41) is 21.3. The molecule has 0 aromatic heterocycles. The van der Waals surface area contributed by atoms with E-state index in [1.165, 1.54) is 34.9 Å². The number of phenols is 1. The summed E-state index contributed by atoms with van der Waals surface area (Å²) in [5.41, 5.74) is 1.70. The van der Waals surface area contributed by atoms with E-state index in [1.807, 2.05) is 30.3 Å². The summed E-state index contributed by atoms with van der Waals surface area (Å²) in [6.07, 6.45) is 1.71. The molecule has 3 aromatic rings. The standard InChI is InChI=1S/C24H16N2O5S2/c27-19-11-10-16(13-18(19)23(30)31)25-21(28)15-8-6-14(7-9-15)12-20-22(29)26(24(32)33-20)17-4-2-1-3-5-17/h1-13,27H,(H,25,28)(H,30,31)/b20-12-. The minimum absolute atomic E-state index is 0.209. The Morgan fingerprint density at radius 3 is 2.36 bits per heavy atom. The number of hydrogen-bond donors (Lipinski definition) is 3. The van der Waals surface area contributed by atoms with Gasteiger partial charge in [0.2, 0.25) is 0 Å². The Morgan fingerprint density at radius 2 is 1.70 bits per heavy atom. The Hall–Kier alpha value is -3.95. The van der Waals surface area contributed by atoms with E-state index in [-0.39, 0.29) is 22.9 Å². The van der Waals surface area contributed by atoms with Crippen LogP contribution in [-0.4, -0.2) is 32.3 Å². The van der Waals surface area contributed by atoms with Crippen LogP contribution in [0.5, 0.6) is 5.75 Å². The highest BCUT2D eigenvalue weighted by molar-refractivity contribution is 8.27. The van der Waals surface area contributed by atoms with Gasteiger partial charge in [0, 0.05) is 11.3 Å². The molecule has 4 rings (SSSR count). The predicted octanol–water partition coefficient (Wildman–Crippen LogP) is 4.75. The molecule has 0 spiro atoms. The maximum atomic E-state index is 12.8. The van der Waals surface area contributed by atoms with Gasteiger partial charge in [-0.3, -0.25) is 14.5 Å². The molecule has 0 bridgehead atoms. The number of carbonyl (C=O) groups excluding carboxylic acids is 2. The number of amides is 2. The van der Waals surface area contributed by atoms with E-state index in [0.29, 0.717) is 20.5 Å². The van der Waals surface area contributed by atoms with Gasteiger partial charge in [-0.1, -0.05) is 54.3 Å². The van der Waals surface area contributed by atoms with E-state index in [1.54, 1.807) is 30.3 Å². The molecule has 0 atom stereocenters. The molecule has 1 aliphatic rings. The Labute approximate surface area is 198 Å². The number of benzene rings is 3. The van der Waals surface area contributed by atoms with Crippen LogP contribution in [0.15, 0.2) is 77.7 Å². The average molecular weight is 477 g/mol. The maximum absolute atomic E-state index is 12.8. The van der Waals surface area contributed by atoms with Crippen molar-refractivity contribution in [2.75, 3.05) is 10.2 Å². The lowest BCUT2D eigenvalue weighted by atomic mass is 10.1. The topological polar surface area (TPSA) is 107 Å². The molecule has 164 valence electrons. The van der Waals surface area contributed by atoms with Crippen molar-refractivity contribution in [3.8, 4) is 5.75 Å². The van der Waals surface area contributed by atoms with E-state index in [2.05, 4.69) is 5.32 Å². The summed E-state index contributed by atoms with van der Waals surface area (Å²) in [6.45, 7) is 0. The second-order valence-electron chi connectivity index (χ2n) is 6.97. The normalized spacial score (nSPS) is 14.5. The molecule has 0 unspecified atom stereocenters. The van der Waals surface area contributed by atoms with Crippen LogP contribution in [0.3, 0.4) is 0 Å². The Bertz CT molecular complexity index is 1300. The first-order valence-corrected chi connectivity index (χ1v) is 10.9. The fourth-order valence-corrected chi connectivity index (χ4v) is 4.44. The zero-order valence-electron chi connectivity index (χ0n) is 16.9. The third-order valence-corrected chi connectivity index (χ3v) is 6.07. The lowest BCUT2D eigenvalue weighted by Crippen LogP contribution is -2.27. The van der Waals surface area contributed by atoms with Crippen molar-refractivity contribution >= 4 is 63.5 Å². The van der Waals surface area contributed by atoms with Crippen LogP contribution >= 0.6 is 24.0 Å². The van der Waals surface area contributed by atoms with Gasteiger partial charge in [0.15, 0.2) is 4.32 Å². The average Bonchev–Trinajstić information content (AvgIpc) is 3.08. The molecule has 0 saturated carbocycles. The molecule has 1 fully saturated rings. The quantitative estimate of drug-likeness (QED) is 0.277. The number of anilines is 2. The molecule has 1 heterocycles. The van der Waals surface area contributed by atoms with Gasteiger partial charge in [0.1, 0.15) is 11.3 Å². The first kappa shape index (κ1) is 22.3. The van der Waals surface area contributed by atoms with Crippen LogP contribution in [-0.2, 0) is 4.79 Å². The molecule has 3 aromatic carbocycles. The highest BCUT2D eigenvalue weighted by atomic mass is 32.2. The number of rotatable bonds is 5. The van der Waals surface area contributed by atoms with Crippen LogP contribution in [0.25, 0.3) is 6.08 Å². The zero-order valence-corrected chi connectivity index (χ0v) is 18.5. The summed E-state index contributed by atoms with van der Waals surface area (Å²) in [4.78, 5) is 38.4. The van der Waals surface area contributed by atoms with Crippen molar-refractivity contribution in [2.45, 2.75) is 0 Å². The lowest BCUT2D eigenvalue weighted by Gasteiger charge is -2.13. The Morgan fingerprint density at radius 1 is 1.00 bits per heavy atom. The number of para-hydroxylation sites is 1. The van der Waals surface area contributed by atoms with Crippen molar-refractivity contribution in [3.63, 3.8) is 0 Å². The van der Waals surface area contributed by atoms with Crippen molar-refractivity contribution in [1.29, 1.82) is 0 Å². The van der Waals surface area contributed by atoms with Gasteiger partial charge in [-0.2, -0.15) is 0 Å². The molecular weight excluding hydrogens is 460 g/mol. The van der Waals surface area contributed by atoms with E-state index < -0.39 is 11.9 Å². The number of thioether (sulfide) groups is 1. The summed E-state index contributed by atoms with van der Waals surface area (Å²) in [5.74, 6) is -2.34. The van der Waals surface area contributed by atoms with Crippen molar-refractivity contribution in [2.24, 2.45) is 0 Å². The highest BCUT2D eigenvalue weighted by Gasteiger charge is 2.33. The van der Waals surface area contributed by atoms with E-state index in [4.69, 9.17) is 17.3 Å². The minimum atomic E-state index is -1.30. The van der Waals surface area contributed by atoms with Crippen molar-refractivity contribution < 1.29 is 24.6 Å². The first-order valence-electron chi connectivity index (χ1n) is 9.64. The molecular formula is C24H16N2O5S2. The Balaban J connectivity index is 1.48. The summed E-state index contributed by atoms with van der Waals surface area (Å²) < 4.78 is 0.447. The molecule has 9 heteroatoms. The zero-order chi connectivity index (χ0) is 23.5. The van der Waals surface area contributed by atoms with Gasteiger partial charge in [-0.15, -0.1) is 0 Å². The number of aromatic hydroxyl groups is 1. The van der Waals surface area contributed by atoms with Crippen LogP contribution in [0.1, 0.15) is 26.3 Å². The number of thiocarbonyl (C=S) groups is 1. The van der Waals surface area contributed by atoms with Crippen molar-refractivity contribution in [1.82, 2.24) is 0 Å². The monoisotopic (exact) mass is 476 g/mol. The molecule has 7 nitrogen and oxygen atoms in total. The van der Waals surface area contributed by atoms with Gasteiger partial charge < -0.3 is 15.5 Å². The van der Waals surface area contributed by atoms with Crippen molar-refractivity contribution in [3.05, 3.63) is 94.4 Å². The van der Waals surface area contributed by atoms with E-state index >= 15 is 0 Å². The number of hydrogen-bond acceptors (Lipinski definition) is 6. The SMILES string of the molecule is O=C(Nc1ccc(O)c(C(=O)O)c1)c1ccc(/C=C2\SC(=S)N(c3ccccc3)C2=O)cc1. The van der Waals surface area contributed by atoms with Gasteiger partial charge in [0.25, 0.3) is 11.8 Å². The lowest BCUT2D eigenvalue weighted by molar-refractivity contribution is -0.113. The number of nitrogens with zero attached hydrogens (tertiary/aromatic N) is 1. The minimum Gasteiger partial charge on any atom is -0.507 e. The smallest absolute Gasteiger partial charge is 0.339 e. The third-order valence-electron chi connectivity index (χ3n) is 4.76. The molecule has 1 aliphatic heterocycles. The molecule has 0 radical (unpaired) electrons. The molecule has 0 aliphatic carbocycles. The fraction of sp³-hybridized carbons (Fsp3) is 0. The predicted molar refractivity (Wildman–Crippen MR) is 132 cm³/mol. The highest BCUT2D eigenvalue weighted by Crippen LogP contribution is 2.35. The molecule has 2 amide bonds. The number of carbonyl (C=O) groups is 3. The molecule has 3 N–H and O–H groups in total. The second kappa shape index (κ2) is 9.27. The summed E-state index contributed by atoms with van der Waals surface area (Å²) >= 11 is 6.57. The van der Waals surface area contributed by atoms with Crippen LogP contribution < -0.4 is 10.2 Å². The van der Waals surface area contributed by atoms with Gasteiger partial charge in [-0.25, -0.2) is 4.79 Å². The second-order valence-corrected chi connectivity index (χ2v) is 8.64. The van der Waals surface area contributed by atoms with Gasteiger partial charge in [-0.05, 0) is 54.1 Å². The Kier molecular flexibility index (Phi) is 6.25. The maximum Gasteiger partial charge on any atom is 0.339 e. The van der Waals surface area contributed by atoms with Gasteiger partial charge >= 0.3 is 5.97 Å². The van der Waals surface area contributed by atoms with E-state index in [9.17, 15) is 19.5 Å². The van der Waals surface area contributed by atoms with Crippen LogP contribution in [0.4, 0.5) is 11.4 Å². The van der Waals surface area contributed by atoms with E-state index in [0.717, 1.165) is 5.56 Å². The summed E-state index contributed by atoms with van der Waals surface area (Å²) in [6, 6.07) is 19.5. The third kappa shape index (κ3) is 4.79.